The topological polar surface area (TPSA) is 104 Å². The van der Waals surface area contributed by atoms with Crippen LogP contribution in [0.3, 0.4) is 0 Å². The highest BCUT2D eigenvalue weighted by Crippen LogP contribution is 2.17. The van der Waals surface area contributed by atoms with Gasteiger partial charge in [-0.1, -0.05) is 11.6 Å². The van der Waals surface area contributed by atoms with Crippen molar-refractivity contribution in [3.63, 3.8) is 0 Å². The minimum atomic E-state index is -3.49. The number of carbonyl (C=O) groups excluding carboxylic acids is 1. The number of rotatable bonds is 5. The molecule has 1 aliphatic rings. The number of amides is 2. The van der Waals surface area contributed by atoms with E-state index in [1.807, 2.05) is 0 Å². The third-order valence-corrected chi connectivity index (χ3v) is 5.94. The maximum atomic E-state index is 12.1. The first-order valence-corrected chi connectivity index (χ1v) is 9.56. The van der Waals surface area contributed by atoms with Crippen molar-refractivity contribution in [3.8, 4) is 0 Å². The Labute approximate surface area is 145 Å². The van der Waals surface area contributed by atoms with Crippen LogP contribution in [0, 0.1) is 5.92 Å². The van der Waals surface area contributed by atoms with Gasteiger partial charge in [-0.25, -0.2) is 13.2 Å². The highest BCUT2D eigenvalue weighted by atomic mass is 35.5. The molecule has 0 aromatic heterocycles. The lowest BCUT2D eigenvalue weighted by molar-refractivity contribution is -0.143. The van der Waals surface area contributed by atoms with Crippen molar-refractivity contribution in [1.29, 1.82) is 0 Å². The molecule has 0 spiro atoms. The summed E-state index contributed by atoms with van der Waals surface area (Å²) in [6.07, 6.45) is 0.817. The van der Waals surface area contributed by atoms with Crippen molar-refractivity contribution in [2.24, 2.45) is 5.92 Å². The smallest absolute Gasteiger partial charge is 0.317 e. The summed E-state index contributed by atoms with van der Waals surface area (Å²) in [5, 5.41) is 11.9. The maximum absolute atomic E-state index is 12.1. The third-order valence-electron chi connectivity index (χ3n) is 3.95. The number of nitrogens with one attached hydrogen (secondary N) is 1. The van der Waals surface area contributed by atoms with Crippen LogP contribution < -0.4 is 5.32 Å². The molecule has 1 saturated heterocycles. The molecule has 0 saturated carbocycles. The van der Waals surface area contributed by atoms with E-state index in [9.17, 15) is 18.0 Å². The Morgan fingerprint density at radius 3 is 2.33 bits per heavy atom. The van der Waals surface area contributed by atoms with Crippen LogP contribution >= 0.6 is 11.6 Å². The minimum Gasteiger partial charge on any atom is -0.481 e. The molecule has 24 heavy (non-hydrogen) atoms. The lowest BCUT2D eigenvalue weighted by Gasteiger charge is -2.30. The van der Waals surface area contributed by atoms with Gasteiger partial charge >= 0.3 is 12.0 Å². The van der Waals surface area contributed by atoms with E-state index in [0.29, 0.717) is 31.0 Å². The average Bonchev–Trinajstić information content (AvgIpc) is 2.55. The number of carboxylic acid groups (broad SMARTS) is 1. The van der Waals surface area contributed by atoms with Crippen molar-refractivity contribution in [3.05, 3.63) is 29.3 Å². The number of nitrogens with zero attached hydrogens (tertiary/aromatic N) is 1. The van der Waals surface area contributed by atoms with Crippen LogP contribution in [0.2, 0.25) is 5.02 Å². The second-order valence-electron chi connectivity index (χ2n) is 5.60. The molecule has 1 aromatic carbocycles. The van der Waals surface area contributed by atoms with Crippen LogP contribution in [0.4, 0.5) is 4.79 Å². The molecule has 2 N–H and O–H groups in total. The van der Waals surface area contributed by atoms with Crippen LogP contribution in [-0.4, -0.2) is 55.8 Å². The summed E-state index contributed by atoms with van der Waals surface area (Å²) in [6.45, 7) is 0.697. The Morgan fingerprint density at radius 1 is 1.21 bits per heavy atom. The number of benzene rings is 1. The quantitative estimate of drug-likeness (QED) is 0.815. The molecule has 1 aliphatic heterocycles. The standard InChI is InChI=1S/C15H19ClN2O5S/c16-12-1-3-13(4-2-12)24(22,23)10-7-17-15(21)18-8-5-11(6-9-18)14(19)20/h1-4,11H,5-10H2,(H,17,21)(H,19,20). The number of piperidine rings is 1. The van der Waals surface area contributed by atoms with Gasteiger partial charge in [-0.15, -0.1) is 0 Å². The molecule has 7 nitrogen and oxygen atoms in total. The van der Waals surface area contributed by atoms with E-state index in [4.69, 9.17) is 16.7 Å². The number of carboxylic acids is 1. The summed E-state index contributed by atoms with van der Waals surface area (Å²) in [7, 11) is -3.49. The van der Waals surface area contributed by atoms with Gasteiger partial charge in [0.2, 0.25) is 0 Å². The molecule has 0 aliphatic carbocycles. The summed E-state index contributed by atoms with van der Waals surface area (Å²) in [6, 6.07) is 5.48. The van der Waals surface area contributed by atoms with Crippen molar-refractivity contribution in [2.45, 2.75) is 17.7 Å². The fraction of sp³-hybridized carbons (Fsp3) is 0.467. The van der Waals surface area contributed by atoms with Crippen LogP contribution in [-0.2, 0) is 14.6 Å². The van der Waals surface area contributed by atoms with Crippen LogP contribution in [0.25, 0.3) is 0 Å². The average molecular weight is 375 g/mol. The summed E-state index contributed by atoms with van der Waals surface area (Å²) < 4.78 is 24.3. The fourth-order valence-corrected chi connectivity index (χ4v) is 3.78. The molecule has 0 radical (unpaired) electrons. The van der Waals surface area contributed by atoms with Gasteiger partial charge in [0.05, 0.1) is 16.6 Å². The van der Waals surface area contributed by atoms with E-state index in [0.717, 1.165) is 0 Å². The minimum absolute atomic E-state index is 0.0113. The van der Waals surface area contributed by atoms with E-state index < -0.39 is 21.7 Å². The molecule has 132 valence electrons. The van der Waals surface area contributed by atoms with Crippen LogP contribution in [0.15, 0.2) is 29.2 Å². The number of aliphatic carboxylic acids is 1. The fourth-order valence-electron chi connectivity index (χ4n) is 2.49. The largest absolute Gasteiger partial charge is 0.481 e. The van der Waals surface area contributed by atoms with Crippen LogP contribution in [0.5, 0.6) is 0 Å². The first-order chi connectivity index (χ1) is 11.3. The molecule has 1 aromatic rings. The summed E-state index contributed by atoms with van der Waals surface area (Å²) in [5.74, 6) is -1.48. The molecule has 1 heterocycles. The molecule has 1 fully saturated rings. The Bertz CT molecular complexity index is 697. The maximum Gasteiger partial charge on any atom is 0.317 e. The molecule has 0 atom stereocenters. The van der Waals surface area contributed by atoms with Crippen molar-refractivity contribution in [2.75, 3.05) is 25.4 Å². The van der Waals surface area contributed by atoms with Gasteiger partial charge in [0, 0.05) is 24.7 Å². The molecule has 9 heteroatoms. The van der Waals surface area contributed by atoms with Crippen molar-refractivity contribution >= 4 is 33.4 Å². The van der Waals surface area contributed by atoms with E-state index in [1.165, 1.54) is 29.2 Å². The summed E-state index contributed by atoms with van der Waals surface area (Å²) >= 11 is 5.73. The van der Waals surface area contributed by atoms with Gasteiger partial charge in [-0.2, -0.15) is 0 Å². The van der Waals surface area contributed by atoms with E-state index in [-0.39, 0.29) is 23.2 Å². The Morgan fingerprint density at radius 2 is 1.79 bits per heavy atom. The number of hydrogen-bond donors (Lipinski definition) is 2. The monoisotopic (exact) mass is 374 g/mol. The van der Waals surface area contributed by atoms with E-state index in [2.05, 4.69) is 5.32 Å². The van der Waals surface area contributed by atoms with Crippen molar-refractivity contribution < 1.29 is 23.1 Å². The van der Waals surface area contributed by atoms with Gasteiger partial charge in [0.25, 0.3) is 0 Å². The first-order valence-electron chi connectivity index (χ1n) is 7.53. The van der Waals surface area contributed by atoms with Crippen molar-refractivity contribution in [1.82, 2.24) is 10.2 Å². The number of hydrogen-bond acceptors (Lipinski definition) is 4. The summed E-state index contributed by atoms with van der Waals surface area (Å²) in [5.41, 5.74) is 0. The normalized spacial score (nSPS) is 16.0. The number of halogens is 1. The molecular formula is C15H19ClN2O5S. The van der Waals surface area contributed by atoms with Gasteiger partial charge in [0.15, 0.2) is 9.84 Å². The summed E-state index contributed by atoms with van der Waals surface area (Å²) in [4.78, 5) is 24.5. The highest BCUT2D eigenvalue weighted by molar-refractivity contribution is 7.91. The molecule has 0 unspecified atom stereocenters. The molecule has 2 rings (SSSR count). The first kappa shape index (κ1) is 18.5. The Balaban J connectivity index is 1.80. The van der Waals surface area contributed by atoms with Gasteiger partial charge in [-0.05, 0) is 37.1 Å². The predicted molar refractivity (Wildman–Crippen MR) is 88.8 cm³/mol. The SMILES string of the molecule is O=C(O)C1CCN(C(=O)NCCS(=O)(=O)c2ccc(Cl)cc2)CC1. The number of likely N-dealkylation sites (tertiary alicyclic amines) is 1. The highest BCUT2D eigenvalue weighted by Gasteiger charge is 2.27. The zero-order chi connectivity index (χ0) is 17.7. The van der Waals surface area contributed by atoms with Crippen LogP contribution in [0.1, 0.15) is 12.8 Å². The lowest BCUT2D eigenvalue weighted by atomic mass is 9.97. The second kappa shape index (κ2) is 7.85. The molecule has 0 bridgehead atoms. The predicted octanol–water partition coefficient (Wildman–Crippen LogP) is 1.62. The Kier molecular flexibility index (Phi) is 6.06. The number of sulfone groups is 1. The zero-order valence-electron chi connectivity index (χ0n) is 12.9. The van der Waals surface area contributed by atoms with Gasteiger partial charge in [-0.3, -0.25) is 4.79 Å². The van der Waals surface area contributed by atoms with E-state index in [1.54, 1.807) is 0 Å². The number of carbonyl (C=O) groups is 2. The van der Waals surface area contributed by atoms with Gasteiger partial charge in [0.1, 0.15) is 0 Å². The Hall–Kier alpha value is -1.80. The van der Waals surface area contributed by atoms with E-state index >= 15 is 0 Å². The zero-order valence-corrected chi connectivity index (χ0v) is 14.5. The second-order valence-corrected chi connectivity index (χ2v) is 8.15. The lowest BCUT2D eigenvalue weighted by Crippen LogP contribution is -2.46. The number of urea groups is 1. The molecular weight excluding hydrogens is 356 g/mol. The molecule has 2 amide bonds. The van der Waals surface area contributed by atoms with Gasteiger partial charge < -0.3 is 15.3 Å². The third kappa shape index (κ3) is 4.85.